The second kappa shape index (κ2) is 9.59. The Morgan fingerprint density at radius 2 is 1.45 bits per heavy atom. The third kappa shape index (κ3) is 7.57. The molecule has 7 nitrogen and oxygen atoms in total. The molecule has 0 aromatic heterocycles. The molecule has 0 unspecified atom stereocenters. The number of hydrogen-bond acceptors (Lipinski definition) is 5. The molecule has 0 spiro atoms. The Bertz CT molecular complexity index is 351. The summed E-state index contributed by atoms with van der Waals surface area (Å²) >= 11 is 0. The zero-order chi connectivity index (χ0) is 17.2. The summed E-state index contributed by atoms with van der Waals surface area (Å²) < 4.78 is 35.6. The highest BCUT2D eigenvalue weighted by molar-refractivity contribution is 5.81. The van der Waals surface area contributed by atoms with Crippen molar-refractivity contribution in [2.24, 2.45) is 0 Å². The van der Waals surface area contributed by atoms with Gasteiger partial charge in [-0.15, -0.1) is 0 Å². The molecular weight excluding hydrogens is 309 g/mol. The van der Waals surface area contributed by atoms with Crippen LogP contribution in [0.15, 0.2) is 0 Å². The second-order valence-corrected chi connectivity index (χ2v) is 4.87. The molecule has 0 aliphatic carbocycles. The molecule has 0 aliphatic rings. The molecule has 22 heavy (non-hydrogen) atoms. The monoisotopic (exact) mass is 330 g/mol. The topological polar surface area (TPSA) is 119 Å². The molecule has 130 valence electrons. The highest BCUT2D eigenvalue weighted by Crippen LogP contribution is 2.14. The Morgan fingerprint density at radius 3 is 1.91 bits per heavy atom. The van der Waals surface area contributed by atoms with Gasteiger partial charge in [-0.3, -0.25) is 9.59 Å². The molecule has 0 fully saturated rings. The first kappa shape index (κ1) is 20.6. The van der Waals surface area contributed by atoms with Crippen LogP contribution in [-0.4, -0.2) is 65.2 Å². The zero-order valence-electron chi connectivity index (χ0n) is 11.9. The summed E-state index contributed by atoms with van der Waals surface area (Å²) in [5.74, 6) is -2.50. The number of amides is 2. The molecule has 0 aromatic rings. The standard InChI is InChI=1S/C12H21F3N2O5/c13-12(14,15)10(22)16-5-3-1-2-4-9(21)17-11(6-18,7-19)8-20/h18-20H,1-8H2,(H,16,22)(H,17,21). The molecule has 0 saturated carbocycles. The lowest BCUT2D eigenvalue weighted by molar-refractivity contribution is -0.173. The van der Waals surface area contributed by atoms with Gasteiger partial charge >= 0.3 is 12.1 Å². The number of carbonyl (C=O) groups is 2. The van der Waals surface area contributed by atoms with E-state index in [-0.39, 0.29) is 19.4 Å². The van der Waals surface area contributed by atoms with E-state index in [4.69, 9.17) is 15.3 Å². The summed E-state index contributed by atoms with van der Waals surface area (Å²) in [6.07, 6.45) is -3.83. The Balaban J connectivity index is 3.84. The molecule has 0 aliphatic heterocycles. The smallest absolute Gasteiger partial charge is 0.394 e. The van der Waals surface area contributed by atoms with Crippen molar-refractivity contribution in [2.75, 3.05) is 26.4 Å². The Hall–Kier alpha value is -1.39. The summed E-state index contributed by atoms with van der Waals surface area (Å²) in [5.41, 5.74) is -1.49. The quantitative estimate of drug-likeness (QED) is 0.331. The molecule has 0 aromatic carbocycles. The fourth-order valence-electron chi connectivity index (χ4n) is 1.52. The first-order valence-electron chi connectivity index (χ1n) is 6.69. The molecule has 10 heteroatoms. The van der Waals surface area contributed by atoms with Gasteiger partial charge in [-0.05, 0) is 12.8 Å². The number of nitrogens with one attached hydrogen (secondary N) is 2. The van der Waals surface area contributed by atoms with Gasteiger partial charge in [0.25, 0.3) is 0 Å². The SMILES string of the molecule is O=C(CCCCCNC(=O)C(F)(F)F)NC(CO)(CO)CO. The summed E-state index contributed by atoms with van der Waals surface area (Å²) in [4.78, 5) is 22.0. The first-order chi connectivity index (χ1) is 10.2. The van der Waals surface area contributed by atoms with E-state index < -0.39 is 43.4 Å². The maximum atomic E-state index is 11.9. The zero-order valence-corrected chi connectivity index (χ0v) is 11.9. The van der Waals surface area contributed by atoms with Crippen LogP contribution in [0.4, 0.5) is 13.2 Å². The van der Waals surface area contributed by atoms with Crippen molar-refractivity contribution >= 4 is 11.8 Å². The van der Waals surface area contributed by atoms with Gasteiger partial charge in [0.1, 0.15) is 5.54 Å². The predicted molar refractivity (Wildman–Crippen MR) is 69.7 cm³/mol. The molecule has 0 bridgehead atoms. The third-order valence-electron chi connectivity index (χ3n) is 2.94. The lowest BCUT2D eigenvalue weighted by atomic mass is 10.0. The fourth-order valence-corrected chi connectivity index (χ4v) is 1.52. The molecular formula is C12H21F3N2O5. The Labute approximate surface area is 125 Å². The lowest BCUT2D eigenvalue weighted by Crippen LogP contribution is -2.57. The summed E-state index contributed by atoms with van der Waals surface area (Å²) in [6.45, 7) is -2.03. The van der Waals surface area contributed by atoms with Crippen molar-refractivity contribution in [2.45, 2.75) is 37.4 Å². The van der Waals surface area contributed by atoms with Crippen LogP contribution in [0.25, 0.3) is 0 Å². The van der Waals surface area contributed by atoms with Crippen LogP contribution in [0.5, 0.6) is 0 Å². The van der Waals surface area contributed by atoms with Crippen molar-refractivity contribution in [1.29, 1.82) is 0 Å². The highest BCUT2D eigenvalue weighted by atomic mass is 19.4. The van der Waals surface area contributed by atoms with Crippen molar-refractivity contribution in [3.63, 3.8) is 0 Å². The molecule has 0 radical (unpaired) electrons. The molecule has 5 N–H and O–H groups in total. The van der Waals surface area contributed by atoms with Crippen molar-refractivity contribution in [3.05, 3.63) is 0 Å². The van der Waals surface area contributed by atoms with E-state index in [0.717, 1.165) is 0 Å². The number of carbonyl (C=O) groups excluding carboxylic acids is 2. The Morgan fingerprint density at radius 1 is 0.909 bits per heavy atom. The second-order valence-electron chi connectivity index (χ2n) is 4.87. The first-order valence-corrected chi connectivity index (χ1v) is 6.69. The maximum absolute atomic E-state index is 11.9. The van der Waals surface area contributed by atoms with Crippen LogP contribution in [0.3, 0.4) is 0 Å². The fraction of sp³-hybridized carbons (Fsp3) is 0.833. The largest absolute Gasteiger partial charge is 0.471 e. The average Bonchev–Trinajstić information content (AvgIpc) is 2.47. The van der Waals surface area contributed by atoms with Crippen LogP contribution >= 0.6 is 0 Å². The molecule has 0 saturated heterocycles. The van der Waals surface area contributed by atoms with Crippen LogP contribution in [0.2, 0.25) is 0 Å². The van der Waals surface area contributed by atoms with Crippen LogP contribution in [-0.2, 0) is 9.59 Å². The van der Waals surface area contributed by atoms with Gasteiger partial charge in [0.05, 0.1) is 19.8 Å². The summed E-state index contributed by atoms with van der Waals surface area (Å²) in [5, 5.41) is 31.1. The van der Waals surface area contributed by atoms with Gasteiger partial charge in [0.2, 0.25) is 5.91 Å². The summed E-state index contributed by atoms with van der Waals surface area (Å²) in [7, 11) is 0. The van der Waals surface area contributed by atoms with Crippen molar-refractivity contribution in [3.8, 4) is 0 Å². The van der Waals surface area contributed by atoms with E-state index in [9.17, 15) is 22.8 Å². The van der Waals surface area contributed by atoms with Gasteiger partial charge in [-0.25, -0.2) is 0 Å². The van der Waals surface area contributed by atoms with E-state index >= 15 is 0 Å². The van der Waals surface area contributed by atoms with Gasteiger partial charge in [0.15, 0.2) is 0 Å². The number of aliphatic hydroxyl groups excluding tert-OH is 3. The minimum Gasteiger partial charge on any atom is -0.394 e. The van der Waals surface area contributed by atoms with E-state index in [1.54, 1.807) is 5.32 Å². The number of hydrogen-bond donors (Lipinski definition) is 5. The normalized spacial score (nSPS) is 12.1. The highest BCUT2D eigenvalue weighted by Gasteiger charge is 2.38. The van der Waals surface area contributed by atoms with Gasteiger partial charge < -0.3 is 26.0 Å². The number of rotatable bonds is 10. The van der Waals surface area contributed by atoms with E-state index in [1.165, 1.54) is 0 Å². The lowest BCUT2D eigenvalue weighted by Gasteiger charge is -2.28. The number of alkyl halides is 3. The predicted octanol–water partition coefficient (Wildman–Crippen LogP) is -0.943. The van der Waals surface area contributed by atoms with E-state index in [2.05, 4.69) is 5.32 Å². The van der Waals surface area contributed by atoms with Gasteiger partial charge in [0, 0.05) is 13.0 Å². The van der Waals surface area contributed by atoms with Gasteiger partial charge in [-0.1, -0.05) is 6.42 Å². The Kier molecular flexibility index (Phi) is 8.99. The van der Waals surface area contributed by atoms with Crippen LogP contribution in [0, 0.1) is 0 Å². The van der Waals surface area contributed by atoms with Crippen LogP contribution < -0.4 is 10.6 Å². The van der Waals surface area contributed by atoms with Crippen molar-refractivity contribution < 1.29 is 38.1 Å². The third-order valence-corrected chi connectivity index (χ3v) is 2.94. The number of aliphatic hydroxyl groups is 3. The minimum atomic E-state index is -4.90. The number of halogens is 3. The minimum absolute atomic E-state index is 0.0228. The van der Waals surface area contributed by atoms with Gasteiger partial charge in [-0.2, -0.15) is 13.2 Å². The molecule has 0 heterocycles. The maximum Gasteiger partial charge on any atom is 0.471 e. The van der Waals surface area contributed by atoms with Crippen molar-refractivity contribution in [1.82, 2.24) is 10.6 Å². The van der Waals surface area contributed by atoms with E-state index in [1.807, 2.05) is 0 Å². The molecule has 0 atom stereocenters. The van der Waals surface area contributed by atoms with Crippen LogP contribution in [0.1, 0.15) is 25.7 Å². The average molecular weight is 330 g/mol. The number of unbranched alkanes of at least 4 members (excludes halogenated alkanes) is 2. The summed E-state index contributed by atoms with van der Waals surface area (Å²) in [6, 6.07) is 0. The van der Waals surface area contributed by atoms with E-state index in [0.29, 0.717) is 12.8 Å². The molecule has 2 amide bonds. The molecule has 0 rings (SSSR count).